The maximum absolute atomic E-state index is 12.0. The number of rotatable bonds is 6. The number of nitro benzene ring substituents is 1. The maximum Gasteiger partial charge on any atom is 0.338 e. The molecule has 0 bridgehead atoms. The zero-order chi connectivity index (χ0) is 20.1. The molecule has 2 aromatic carbocycles. The van der Waals surface area contributed by atoms with Crippen LogP contribution in [-0.2, 0) is 9.53 Å². The molecule has 1 amide bonds. The Morgan fingerprint density at radius 2 is 1.89 bits per heavy atom. The average molecular weight is 371 g/mol. The van der Waals surface area contributed by atoms with Crippen LogP contribution >= 0.6 is 0 Å². The maximum atomic E-state index is 12.0. The number of carbonyl (C=O) groups is 2. The van der Waals surface area contributed by atoms with Crippen LogP contribution < -0.4 is 11.1 Å². The molecule has 8 nitrogen and oxygen atoms in total. The molecule has 0 spiro atoms. The first-order chi connectivity index (χ1) is 12.7. The smallest absolute Gasteiger partial charge is 0.338 e. The Morgan fingerprint density at radius 1 is 1.19 bits per heavy atom. The van der Waals surface area contributed by atoms with E-state index in [9.17, 15) is 19.7 Å². The lowest BCUT2D eigenvalue weighted by Gasteiger charge is -2.15. The summed E-state index contributed by atoms with van der Waals surface area (Å²) in [6.07, 6.45) is 0. The van der Waals surface area contributed by atoms with Gasteiger partial charge in [-0.25, -0.2) is 4.79 Å². The van der Waals surface area contributed by atoms with Gasteiger partial charge < -0.3 is 15.8 Å². The molecule has 1 atom stereocenters. The minimum atomic E-state index is -0.841. The normalized spacial score (nSPS) is 11.5. The predicted octanol–water partition coefficient (Wildman–Crippen LogP) is 2.83. The van der Waals surface area contributed by atoms with Gasteiger partial charge in [-0.3, -0.25) is 14.9 Å². The summed E-state index contributed by atoms with van der Waals surface area (Å²) in [5.41, 5.74) is 8.19. The number of benzene rings is 2. The number of aryl methyl sites for hydroxylation is 2. The molecule has 0 saturated heterocycles. The van der Waals surface area contributed by atoms with Crippen molar-refractivity contribution in [2.24, 2.45) is 0 Å². The van der Waals surface area contributed by atoms with Crippen molar-refractivity contribution in [1.29, 1.82) is 0 Å². The number of nitro groups is 1. The van der Waals surface area contributed by atoms with Gasteiger partial charge in [-0.2, -0.15) is 0 Å². The minimum Gasteiger partial charge on any atom is -0.452 e. The third kappa shape index (κ3) is 5.04. The number of nitrogens with zero attached hydrogens (tertiary/aromatic N) is 1. The van der Waals surface area contributed by atoms with Gasteiger partial charge in [0.25, 0.3) is 11.6 Å². The summed E-state index contributed by atoms with van der Waals surface area (Å²) in [6, 6.07) is 9.20. The first-order valence-electron chi connectivity index (χ1n) is 8.26. The second-order valence-electron chi connectivity index (χ2n) is 6.24. The molecule has 3 N–H and O–H groups in total. The van der Waals surface area contributed by atoms with Gasteiger partial charge in [0.15, 0.2) is 6.61 Å². The number of amides is 1. The molecule has 27 heavy (non-hydrogen) atoms. The lowest BCUT2D eigenvalue weighted by Crippen LogP contribution is -2.31. The number of nitrogen functional groups attached to an aromatic ring is 1. The van der Waals surface area contributed by atoms with Crippen molar-refractivity contribution < 1.29 is 19.2 Å². The van der Waals surface area contributed by atoms with E-state index in [0.717, 1.165) is 22.8 Å². The number of hydrogen-bond donors (Lipinski definition) is 2. The van der Waals surface area contributed by atoms with Crippen molar-refractivity contribution in [2.45, 2.75) is 26.8 Å². The van der Waals surface area contributed by atoms with Gasteiger partial charge in [-0.1, -0.05) is 18.2 Å². The number of nitrogens with one attached hydrogen (secondary N) is 1. The summed E-state index contributed by atoms with van der Waals surface area (Å²) in [7, 11) is 0. The van der Waals surface area contributed by atoms with Crippen molar-refractivity contribution >= 4 is 23.3 Å². The molecule has 0 aliphatic carbocycles. The van der Waals surface area contributed by atoms with Crippen LogP contribution in [0.1, 0.15) is 40.0 Å². The van der Waals surface area contributed by atoms with E-state index >= 15 is 0 Å². The Balaban J connectivity index is 1.94. The van der Waals surface area contributed by atoms with E-state index in [0.29, 0.717) is 0 Å². The second-order valence-corrected chi connectivity index (χ2v) is 6.24. The zero-order valence-electron chi connectivity index (χ0n) is 15.3. The largest absolute Gasteiger partial charge is 0.452 e. The number of carbonyl (C=O) groups excluding carboxylic acids is 2. The van der Waals surface area contributed by atoms with E-state index in [1.165, 1.54) is 12.1 Å². The monoisotopic (exact) mass is 371 g/mol. The molecular formula is C19H21N3O5. The van der Waals surface area contributed by atoms with Gasteiger partial charge in [-0.15, -0.1) is 0 Å². The van der Waals surface area contributed by atoms with Crippen molar-refractivity contribution in [2.75, 3.05) is 12.3 Å². The van der Waals surface area contributed by atoms with Gasteiger partial charge in [0, 0.05) is 6.07 Å². The molecular weight excluding hydrogens is 350 g/mol. The Labute approximate surface area is 156 Å². The van der Waals surface area contributed by atoms with Crippen molar-refractivity contribution in [3.63, 3.8) is 0 Å². The average Bonchev–Trinajstić information content (AvgIpc) is 2.62. The molecule has 0 unspecified atom stereocenters. The number of anilines is 1. The fourth-order valence-corrected chi connectivity index (χ4v) is 2.44. The van der Waals surface area contributed by atoms with Crippen LogP contribution in [0.4, 0.5) is 11.4 Å². The molecule has 2 rings (SSSR count). The summed E-state index contributed by atoms with van der Waals surface area (Å²) in [5.74, 6) is -1.31. The summed E-state index contributed by atoms with van der Waals surface area (Å²) < 4.78 is 4.93. The van der Waals surface area contributed by atoms with E-state index in [1.54, 1.807) is 0 Å². The molecule has 0 heterocycles. The number of esters is 1. The van der Waals surface area contributed by atoms with Gasteiger partial charge in [0.1, 0.15) is 5.69 Å². The third-order valence-electron chi connectivity index (χ3n) is 4.21. The quantitative estimate of drug-likeness (QED) is 0.348. The van der Waals surface area contributed by atoms with Crippen LogP contribution in [-0.4, -0.2) is 23.4 Å². The van der Waals surface area contributed by atoms with Crippen molar-refractivity contribution in [3.05, 3.63) is 68.8 Å². The summed E-state index contributed by atoms with van der Waals surface area (Å²) in [6.45, 7) is 5.32. The number of ether oxygens (including phenoxy) is 1. The van der Waals surface area contributed by atoms with E-state index in [1.807, 2.05) is 39.0 Å². The molecule has 0 fully saturated rings. The predicted molar refractivity (Wildman–Crippen MR) is 100 cm³/mol. The molecule has 8 heteroatoms. The molecule has 0 aliphatic rings. The highest BCUT2D eigenvalue weighted by molar-refractivity contribution is 5.92. The summed E-state index contributed by atoms with van der Waals surface area (Å²) >= 11 is 0. The number of hydrogen-bond acceptors (Lipinski definition) is 6. The van der Waals surface area contributed by atoms with E-state index in [-0.39, 0.29) is 17.3 Å². The Morgan fingerprint density at radius 3 is 2.52 bits per heavy atom. The van der Waals surface area contributed by atoms with Crippen LogP contribution in [0, 0.1) is 24.0 Å². The Bertz CT molecular complexity index is 895. The molecule has 2 aromatic rings. The SMILES string of the molecule is Cc1ccc([C@H](C)NC(=O)COC(=O)c2ccc(N)c([N+](=O)[O-])c2)cc1C. The van der Waals surface area contributed by atoms with Crippen LogP contribution in [0.5, 0.6) is 0 Å². The van der Waals surface area contributed by atoms with Gasteiger partial charge in [0.05, 0.1) is 16.5 Å². The standard InChI is InChI=1S/C19H21N3O5/c1-11-4-5-14(8-12(11)2)13(3)21-18(23)10-27-19(24)15-6-7-16(20)17(9-15)22(25)26/h4-9,13H,10,20H2,1-3H3,(H,21,23)/t13-/m0/s1. The summed E-state index contributed by atoms with van der Waals surface area (Å²) in [5, 5.41) is 13.6. The first-order valence-corrected chi connectivity index (χ1v) is 8.26. The van der Waals surface area contributed by atoms with Crippen LogP contribution in [0.25, 0.3) is 0 Å². The molecule has 142 valence electrons. The first kappa shape index (κ1) is 19.9. The Hall–Kier alpha value is -3.42. The van der Waals surface area contributed by atoms with E-state index in [2.05, 4.69) is 5.32 Å². The van der Waals surface area contributed by atoms with Gasteiger partial charge in [0.2, 0.25) is 0 Å². The third-order valence-corrected chi connectivity index (χ3v) is 4.21. The Kier molecular flexibility index (Phi) is 6.12. The van der Waals surface area contributed by atoms with Crippen LogP contribution in [0.2, 0.25) is 0 Å². The van der Waals surface area contributed by atoms with Crippen molar-refractivity contribution in [1.82, 2.24) is 5.32 Å². The topological polar surface area (TPSA) is 125 Å². The fraction of sp³-hybridized carbons (Fsp3) is 0.263. The highest BCUT2D eigenvalue weighted by atomic mass is 16.6. The summed E-state index contributed by atoms with van der Waals surface area (Å²) in [4.78, 5) is 34.2. The zero-order valence-corrected chi connectivity index (χ0v) is 15.3. The van der Waals surface area contributed by atoms with Crippen molar-refractivity contribution in [3.8, 4) is 0 Å². The molecule has 0 aliphatic heterocycles. The fourth-order valence-electron chi connectivity index (χ4n) is 2.44. The second kappa shape index (κ2) is 8.31. The number of nitrogens with two attached hydrogens (primary N) is 1. The lowest BCUT2D eigenvalue weighted by molar-refractivity contribution is -0.383. The molecule has 0 aromatic heterocycles. The van der Waals surface area contributed by atoms with Crippen LogP contribution in [0.15, 0.2) is 36.4 Å². The molecule has 0 radical (unpaired) electrons. The minimum absolute atomic E-state index is 0.0501. The van der Waals surface area contributed by atoms with E-state index in [4.69, 9.17) is 10.5 Å². The molecule has 0 saturated carbocycles. The van der Waals surface area contributed by atoms with Gasteiger partial charge in [-0.05, 0) is 49.6 Å². The van der Waals surface area contributed by atoms with E-state index < -0.39 is 29.1 Å². The highest BCUT2D eigenvalue weighted by Gasteiger charge is 2.18. The van der Waals surface area contributed by atoms with Gasteiger partial charge >= 0.3 is 5.97 Å². The lowest BCUT2D eigenvalue weighted by atomic mass is 10.0. The highest BCUT2D eigenvalue weighted by Crippen LogP contribution is 2.22. The van der Waals surface area contributed by atoms with Crippen LogP contribution in [0.3, 0.4) is 0 Å².